The van der Waals surface area contributed by atoms with Crippen molar-refractivity contribution in [1.29, 1.82) is 0 Å². The molecule has 6 nitrogen and oxygen atoms in total. The summed E-state index contributed by atoms with van der Waals surface area (Å²) in [6.07, 6.45) is -0.568. The minimum atomic E-state index is -0.969. The van der Waals surface area contributed by atoms with Gasteiger partial charge in [0.05, 0.1) is 11.4 Å². The summed E-state index contributed by atoms with van der Waals surface area (Å²) < 4.78 is 5.29. The largest absolute Gasteiger partial charge is 0.480 e. The highest BCUT2D eigenvalue weighted by atomic mass is 16.6. The highest BCUT2D eigenvalue weighted by Crippen LogP contribution is 2.35. The molecule has 0 saturated heterocycles. The summed E-state index contributed by atoms with van der Waals surface area (Å²) >= 11 is 0. The number of carboxylic acids is 1. The average molecular weight is 322 g/mol. The molecule has 1 aromatic rings. The molecule has 0 spiro atoms. The van der Waals surface area contributed by atoms with Crippen molar-refractivity contribution in [3.63, 3.8) is 0 Å². The number of hydrogen-bond acceptors (Lipinski definition) is 4. The second-order valence-corrected chi connectivity index (χ2v) is 6.62. The van der Waals surface area contributed by atoms with E-state index >= 15 is 0 Å². The van der Waals surface area contributed by atoms with Crippen molar-refractivity contribution in [2.45, 2.75) is 54.1 Å². The lowest BCUT2D eigenvalue weighted by Crippen LogP contribution is -2.28. The maximum absolute atomic E-state index is 12.1. The van der Waals surface area contributed by atoms with Crippen LogP contribution in [-0.4, -0.2) is 29.3 Å². The molecule has 0 heterocycles. The number of anilines is 2. The Morgan fingerprint density at radius 1 is 0.957 bits per heavy atom. The Kier molecular flexibility index (Phi) is 5.64. The van der Waals surface area contributed by atoms with E-state index in [2.05, 4.69) is 10.6 Å². The molecule has 0 aliphatic rings. The van der Waals surface area contributed by atoms with Gasteiger partial charge in [-0.1, -0.05) is 0 Å². The van der Waals surface area contributed by atoms with Crippen LogP contribution in [0.2, 0.25) is 0 Å². The lowest BCUT2D eigenvalue weighted by molar-refractivity contribution is -0.134. The van der Waals surface area contributed by atoms with Crippen molar-refractivity contribution in [2.75, 3.05) is 17.2 Å². The van der Waals surface area contributed by atoms with E-state index in [1.807, 2.05) is 27.7 Å². The molecule has 3 N–H and O–H groups in total. The van der Waals surface area contributed by atoms with Gasteiger partial charge >= 0.3 is 12.1 Å². The molecule has 128 valence electrons. The fourth-order valence-corrected chi connectivity index (χ4v) is 2.26. The minimum Gasteiger partial charge on any atom is -0.480 e. The number of aliphatic carboxylic acids is 1. The SMILES string of the molecule is Cc1c(C)c(C)c(NC(=O)OC(C)(C)C)c(NCC(=O)O)c1C. The molecule has 0 unspecified atom stereocenters. The van der Waals surface area contributed by atoms with E-state index in [-0.39, 0.29) is 6.54 Å². The number of carbonyl (C=O) groups is 2. The molecule has 1 aromatic carbocycles. The molecule has 0 aromatic heterocycles. The predicted octanol–water partition coefficient (Wildman–Crippen LogP) is 3.76. The van der Waals surface area contributed by atoms with E-state index in [4.69, 9.17) is 9.84 Å². The van der Waals surface area contributed by atoms with Crippen LogP contribution in [0.25, 0.3) is 0 Å². The fraction of sp³-hybridized carbons (Fsp3) is 0.529. The zero-order chi connectivity index (χ0) is 17.9. The molecule has 1 amide bonds. The summed E-state index contributed by atoms with van der Waals surface area (Å²) in [7, 11) is 0. The van der Waals surface area contributed by atoms with Crippen molar-refractivity contribution in [1.82, 2.24) is 0 Å². The third kappa shape index (κ3) is 4.87. The lowest BCUT2D eigenvalue weighted by Gasteiger charge is -2.24. The van der Waals surface area contributed by atoms with Crippen LogP contribution in [0, 0.1) is 27.7 Å². The van der Waals surface area contributed by atoms with Gasteiger partial charge in [0, 0.05) is 0 Å². The normalized spacial score (nSPS) is 11.1. The molecule has 0 fully saturated rings. The van der Waals surface area contributed by atoms with Gasteiger partial charge in [0.25, 0.3) is 0 Å². The van der Waals surface area contributed by atoms with E-state index < -0.39 is 17.7 Å². The first-order valence-corrected chi connectivity index (χ1v) is 7.50. The number of rotatable bonds is 4. The number of carboxylic acid groups (broad SMARTS) is 1. The summed E-state index contributed by atoms with van der Waals surface area (Å²) in [5.41, 5.74) is 4.45. The number of amides is 1. The van der Waals surface area contributed by atoms with Gasteiger partial charge in [-0.15, -0.1) is 0 Å². The first-order chi connectivity index (χ1) is 10.4. The molecule has 1 rings (SSSR count). The Morgan fingerprint density at radius 3 is 1.87 bits per heavy atom. The molecule has 0 bridgehead atoms. The number of benzene rings is 1. The van der Waals surface area contributed by atoms with Gasteiger partial charge in [0.1, 0.15) is 12.1 Å². The van der Waals surface area contributed by atoms with Crippen LogP contribution in [0.5, 0.6) is 0 Å². The molecule has 23 heavy (non-hydrogen) atoms. The fourth-order valence-electron chi connectivity index (χ4n) is 2.26. The van der Waals surface area contributed by atoms with Gasteiger partial charge in [-0.05, 0) is 70.7 Å². The maximum Gasteiger partial charge on any atom is 0.412 e. The summed E-state index contributed by atoms with van der Waals surface area (Å²) in [4.78, 5) is 23.0. The van der Waals surface area contributed by atoms with Crippen LogP contribution in [0.15, 0.2) is 0 Å². The van der Waals surface area contributed by atoms with E-state index in [9.17, 15) is 9.59 Å². The van der Waals surface area contributed by atoms with Gasteiger partial charge in [-0.2, -0.15) is 0 Å². The Hall–Kier alpha value is -2.24. The van der Waals surface area contributed by atoms with Crippen LogP contribution in [0.1, 0.15) is 43.0 Å². The lowest BCUT2D eigenvalue weighted by atomic mass is 9.95. The van der Waals surface area contributed by atoms with E-state index in [1.54, 1.807) is 20.8 Å². The Bertz CT molecular complexity index is 631. The van der Waals surface area contributed by atoms with Crippen molar-refractivity contribution in [2.24, 2.45) is 0 Å². The molecule has 6 heteroatoms. The van der Waals surface area contributed by atoms with Gasteiger partial charge in [-0.3, -0.25) is 10.1 Å². The molecule has 0 aliphatic carbocycles. The first-order valence-electron chi connectivity index (χ1n) is 7.50. The average Bonchev–Trinajstić information content (AvgIpc) is 2.39. The summed E-state index contributed by atoms with van der Waals surface area (Å²) in [6, 6.07) is 0. The second-order valence-electron chi connectivity index (χ2n) is 6.62. The van der Waals surface area contributed by atoms with Crippen molar-refractivity contribution >= 4 is 23.4 Å². The monoisotopic (exact) mass is 322 g/mol. The zero-order valence-corrected chi connectivity index (χ0v) is 14.9. The van der Waals surface area contributed by atoms with E-state index in [1.165, 1.54) is 0 Å². The van der Waals surface area contributed by atoms with Crippen LogP contribution in [0.4, 0.5) is 16.2 Å². The van der Waals surface area contributed by atoms with Crippen molar-refractivity contribution in [3.05, 3.63) is 22.3 Å². The second kappa shape index (κ2) is 6.89. The Labute approximate surface area is 137 Å². The topological polar surface area (TPSA) is 87.7 Å². The van der Waals surface area contributed by atoms with E-state index in [0.29, 0.717) is 11.4 Å². The highest BCUT2D eigenvalue weighted by Gasteiger charge is 2.21. The summed E-state index contributed by atoms with van der Waals surface area (Å²) in [5, 5.41) is 14.5. The molecular formula is C17H26N2O4. The highest BCUT2D eigenvalue weighted by molar-refractivity contribution is 5.93. The van der Waals surface area contributed by atoms with E-state index in [0.717, 1.165) is 22.3 Å². The number of ether oxygens (including phenoxy) is 1. The van der Waals surface area contributed by atoms with Gasteiger partial charge in [-0.25, -0.2) is 4.79 Å². The first kappa shape index (κ1) is 18.8. The van der Waals surface area contributed by atoms with Crippen LogP contribution < -0.4 is 10.6 Å². The molecule has 0 radical (unpaired) electrons. The number of hydrogen-bond donors (Lipinski definition) is 3. The van der Waals surface area contributed by atoms with Gasteiger partial charge in [0.2, 0.25) is 0 Å². The molecule has 0 aliphatic heterocycles. The van der Waals surface area contributed by atoms with Gasteiger partial charge in [0.15, 0.2) is 0 Å². The molecule has 0 saturated carbocycles. The van der Waals surface area contributed by atoms with Crippen LogP contribution in [0.3, 0.4) is 0 Å². The van der Waals surface area contributed by atoms with Gasteiger partial charge < -0.3 is 15.2 Å². The standard InChI is InChI=1S/C17H26N2O4/c1-9-10(2)12(4)15(19-16(22)23-17(5,6)7)14(11(9)3)18-8-13(20)21/h18H,8H2,1-7H3,(H,19,22)(H,20,21). The smallest absolute Gasteiger partial charge is 0.412 e. The molecular weight excluding hydrogens is 296 g/mol. The van der Waals surface area contributed by atoms with Crippen molar-refractivity contribution in [3.8, 4) is 0 Å². The maximum atomic E-state index is 12.1. The molecule has 0 atom stereocenters. The quantitative estimate of drug-likeness (QED) is 0.785. The van der Waals surface area contributed by atoms with Crippen LogP contribution >= 0.6 is 0 Å². The Morgan fingerprint density at radius 2 is 1.43 bits per heavy atom. The van der Waals surface area contributed by atoms with Crippen molar-refractivity contribution < 1.29 is 19.4 Å². The summed E-state index contributed by atoms with van der Waals surface area (Å²) in [6.45, 7) is 12.9. The third-order valence-corrected chi connectivity index (χ3v) is 3.73. The number of carbonyl (C=O) groups excluding carboxylic acids is 1. The number of nitrogens with one attached hydrogen (secondary N) is 2. The summed E-state index contributed by atoms with van der Waals surface area (Å²) in [5.74, 6) is -0.969. The van der Waals surface area contributed by atoms with Crippen LogP contribution in [-0.2, 0) is 9.53 Å². The zero-order valence-electron chi connectivity index (χ0n) is 14.9. The Balaban J connectivity index is 3.27. The third-order valence-electron chi connectivity index (χ3n) is 3.73. The predicted molar refractivity (Wildman–Crippen MR) is 91.4 cm³/mol. The minimum absolute atomic E-state index is 0.230.